The monoisotopic (exact) mass is 674 g/mol. The summed E-state index contributed by atoms with van der Waals surface area (Å²) in [5, 5.41) is 15.3. The highest BCUT2D eigenvalue weighted by atomic mass is 35.5. The maximum atomic E-state index is 15.8. The molecule has 1 saturated carbocycles. The Balaban J connectivity index is 1.46. The van der Waals surface area contributed by atoms with E-state index in [1.807, 2.05) is 4.90 Å². The summed E-state index contributed by atoms with van der Waals surface area (Å²) in [5.41, 5.74) is -0.0761. The summed E-state index contributed by atoms with van der Waals surface area (Å²) in [6.45, 7) is 0.595. The number of carbonyl (C=O) groups excluding carboxylic acids is 2. The third-order valence-corrected chi connectivity index (χ3v) is 10.5. The molecule has 0 unspecified atom stereocenters. The minimum atomic E-state index is -3.77. The Morgan fingerprint density at radius 1 is 1.07 bits per heavy atom. The second kappa shape index (κ2) is 12.0. The smallest absolute Gasteiger partial charge is 0.294 e. The van der Waals surface area contributed by atoms with E-state index in [0.29, 0.717) is 29.6 Å². The van der Waals surface area contributed by atoms with Gasteiger partial charge in [0.25, 0.3) is 5.69 Å². The number of likely N-dealkylation sites (tertiary alicyclic amines) is 1. The first kappa shape index (κ1) is 31.4. The normalized spacial score (nSPS) is 23.6. The average Bonchev–Trinajstić information content (AvgIpc) is 3.74. The molecule has 3 aliphatic rings. The van der Waals surface area contributed by atoms with Gasteiger partial charge in [0.1, 0.15) is 11.5 Å². The Bertz CT molecular complexity index is 1820. The molecule has 0 aromatic heterocycles. The third-order valence-electron chi connectivity index (χ3n) is 8.85. The van der Waals surface area contributed by atoms with Crippen LogP contribution >= 0.6 is 23.2 Å². The van der Waals surface area contributed by atoms with Crippen molar-refractivity contribution in [2.75, 3.05) is 29.6 Å². The summed E-state index contributed by atoms with van der Waals surface area (Å²) in [5.74, 6) is -3.35. The lowest BCUT2D eigenvalue weighted by atomic mass is 9.78. The molecule has 0 spiro atoms. The number of halogens is 3. The van der Waals surface area contributed by atoms with Crippen LogP contribution in [0.4, 0.5) is 21.5 Å². The molecule has 2 saturated heterocycles. The first-order valence-electron chi connectivity index (χ1n) is 14.4. The van der Waals surface area contributed by atoms with Gasteiger partial charge in [-0.1, -0.05) is 41.4 Å². The number of rotatable bonds is 8. The van der Waals surface area contributed by atoms with E-state index >= 15 is 4.39 Å². The van der Waals surface area contributed by atoms with Gasteiger partial charge in [0.15, 0.2) is 9.84 Å². The molecule has 1 aliphatic carbocycles. The molecule has 45 heavy (non-hydrogen) atoms. The summed E-state index contributed by atoms with van der Waals surface area (Å²) in [6, 6.07) is 13.1. The van der Waals surface area contributed by atoms with Crippen molar-refractivity contribution in [3.05, 3.63) is 92.2 Å². The molecule has 3 aromatic rings. The fourth-order valence-corrected chi connectivity index (χ4v) is 7.72. The first-order valence-corrected chi connectivity index (χ1v) is 17.1. The third kappa shape index (κ3) is 6.04. The molecule has 2 aliphatic heterocycles. The van der Waals surface area contributed by atoms with Crippen LogP contribution in [0.25, 0.3) is 0 Å². The van der Waals surface area contributed by atoms with E-state index in [0.717, 1.165) is 25.2 Å². The Labute approximate surface area is 269 Å². The summed E-state index contributed by atoms with van der Waals surface area (Å²) < 4.78 is 40.1. The van der Waals surface area contributed by atoms with Gasteiger partial charge in [0, 0.05) is 48.1 Å². The van der Waals surface area contributed by atoms with Crippen molar-refractivity contribution in [3.63, 3.8) is 0 Å². The van der Waals surface area contributed by atoms with Gasteiger partial charge in [-0.2, -0.15) is 0 Å². The average molecular weight is 676 g/mol. The quantitative estimate of drug-likeness (QED) is 0.240. The summed E-state index contributed by atoms with van der Waals surface area (Å²) in [4.78, 5) is 43.1. The van der Waals surface area contributed by atoms with Gasteiger partial charge >= 0.3 is 0 Å². The van der Waals surface area contributed by atoms with Crippen molar-refractivity contribution in [2.45, 2.75) is 42.2 Å². The highest BCUT2D eigenvalue weighted by Crippen LogP contribution is 2.50. The van der Waals surface area contributed by atoms with E-state index in [1.54, 1.807) is 30.3 Å². The number of fused-ring (bicyclic) bond motifs is 1. The van der Waals surface area contributed by atoms with Crippen LogP contribution in [-0.2, 0) is 19.4 Å². The van der Waals surface area contributed by atoms with Crippen LogP contribution in [0.2, 0.25) is 10.0 Å². The topological polar surface area (TPSA) is 130 Å². The van der Waals surface area contributed by atoms with Crippen LogP contribution < -0.4 is 10.2 Å². The van der Waals surface area contributed by atoms with Crippen LogP contribution in [0.1, 0.15) is 30.7 Å². The van der Waals surface area contributed by atoms with Gasteiger partial charge in [-0.25, -0.2) is 12.8 Å². The molecule has 2 heterocycles. The van der Waals surface area contributed by atoms with E-state index in [1.165, 1.54) is 29.2 Å². The first-order chi connectivity index (χ1) is 21.3. The minimum Gasteiger partial charge on any atom is -0.325 e. The Kier molecular flexibility index (Phi) is 8.36. The van der Waals surface area contributed by atoms with Crippen LogP contribution in [0.15, 0.2) is 65.6 Å². The Morgan fingerprint density at radius 3 is 2.47 bits per heavy atom. The molecular formula is C31H29Cl2FN4O6S. The summed E-state index contributed by atoms with van der Waals surface area (Å²) >= 11 is 12.4. The van der Waals surface area contributed by atoms with Crippen LogP contribution in [0.3, 0.4) is 0 Å². The fourth-order valence-electron chi connectivity index (χ4n) is 6.70. The van der Waals surface area contributed by atoms with Crippen molar-refractivity contribution in [3.8, 4) is 0 Å². The minimum absolute atomic E-state index is 0.0678. The van der Waals surface area contributed by atoms with Gasteiger partial charge in [0.2, 0.25) is 11.8 Å². The molecule has 10 nitrogen and oxygen atoms in total. The zero-order chi connectivity index (χ0) is 32.2. The standard InChI is InChI=1S/C31H29Cl2FN4O6S/c1-45(43,44)20-10-11-23(25(15-20)38(41)42)36-13-12-24-27(31(36)40)26(21-6-3-7-22(33)28(21)34)29(37(24)16-17-8-9-17)30(39)35-19-5-2-4-18(32)14-19/h2-7,10-11,14-15,17,24,26-27,29H,8-9,12-13,16H2,1H3,(H,35,39)/t24-,26-,27+,29+/m0/s1. The predicted molar refractivity (Wildman–Crippen MR) is 168 cm³/mol. The molecule has 3 aromatic carbocycles. The number of sulfone groups is 1. The molecule has 6 rings (SSSR count). The number of hydrogen-bond acceptors (Lipinski definition) is 7. The maximum Gasteiger partial charge on any atom is 0.294 e. The van der Waals surface area contributed by atoms with Crippen LogP contribution in [-0.4, -0.2) is 61.5 Å². The lowest BCUT2D eigenvalue weighted by Crippen LogP contribution is -2.51. The number of carbonyl (C=O) groups is 2. The van der Waals surface area contributed by atoms with Gasteiger partial charge in [0.05, 0.1) is 26.8 Å². The van der Waals surface area contributed by atoms with Gasteiger partial charge in [-0.3, -0.25) is 24.6 Å². The Hall–Kier alpha value is -3.58. The SMILES string of the molecule is CS(=O)(=O)c1ccc(N2CC[C@H]3[C@@H](C2=O)[C@H](c2cccc(Cl)c2F)[C@H](C(=O)Nc2cccc(Cl)c2)N3CC2CC2)c([N+](=O)[O-])c1. The fraction of sp³-hybridized carbons (Fsp3) is 0.355. The number of anilines is 2. The zero-order valence-corrected chi connectivity index (χ0v) is 26.4. The van der Waals surface area contributed by atoms with Crippen molar-refractivity contribution in [2.24, 2.45) is 11.8 Å². The molecule has 4 atom stereocenters. The van der Waals surface area contributed by atoms with E-state index < -0.39 is 62.0 Å². The number of nitro groups is 1. The van der Waals surface area contributed by atoms with E-state index in [9.17, 15) is 28.1 Å². The highest BCUT2D eigenvalue weighted by Gasteiger charge is 2.59. The van der Waals surface area contributed by atoms with E-state index in [-0.39, 0.29) is 27.7 Å². The highest BCUT2D eigenvalue weighted by molar-refractivity contribution is 7.90. The zero-order valence-electron chi connectivity index (χ0n) is 24.0. The van der Waals surface area contributed by atoms with E-state index in [2.05, 4.69) is 5.32 Å². The number of hydrogen-bond donors (Lipinski definition) is 1. The van der Waals surface area contributed by atoms with Crippen molar-refractivity contribution in [1.29, 1.82) is 0 Å². The molecule has 14 heteroatoms. The lowest BCUT2D eigenvalue weighted by molar-refractivity contribution is -0.384. The largest absolute Gasteiger partial charge is 0.325 e. The van der Waals surface area contributed by atoms with Crippen molar-refractivity contribution >= 4 is 61.9 Å². The van der Waals surface area contributed by atoms with Gasteiger partial charge < -0.3 is 10.2 Å². The number of benzene rings is 3. The van der Waals surface area contributed by atoms with Gasteiger partial charge in [-0.05, 0) is 67.1 Å². The predicted octanol–water partition coefficient (Wildman–Crippen LogP) is 5.68. The lowest BCUT2D eigenvalue weighted by Gasteiger charge is -2.38. The summed E-state index contributed by atoms with van der Waals surface area (Å²) in [6.07, 6.45) is 3.21. The number of nitrogens with zero attached hydrogens (tertiary/aromatic N) is 3. The number of nitro benzene ring substituents is 1. The number of amides is 2. The molecule has 1 N–H and O–H groups in total. The molecular weight excluding hydrogens is 646 g/mol. The molecule has 3 fully saturated rings. The number of piperidine rings is 1. The Morgan fingerprint density at radius 2 is 1.80 bits per heavy atom. The maximum absolute atomic E-state index is 15.8. The van der Waals surface area contributed by atoms with Crippen LogP contribution in [0.5, 0.6) is 0 Å². The second-order valence-electron chi connectivity index (χ2n) is 11.8. The van der Waals surface area contributed by atoms with Crippen molar-refractivity contribution in [1.82, 2.24) is 4.90 Å². The van der Waals surface area contributed by atoms with Gasteiger partial charge in [-0.15, -0.1) is 0 Å². The molecule has 2 amide bonds. The summed E-state index contributed by atoms with van der Waals surface area (Å²) in [7, 11) is -3.77. The van der Waals surface area contributed by atoms with Crippen molar-refractivity contribution < 1.29 is 27.3 Å². The molecule has 236 valence electrons. The number of nitrogens with one attached hydrogen (secondary N) is 1. The molecule has 0 radical (unpaired) electrons. The molecule has 0 bridgehead atoms. The second-order valence-corrected chi connectivity index (χ2v) is 14.7. The van der Waals surface area contributed by atoms with Crippen LogP contribution in [0, 0.1) is 27.8 Å². The van der Waals surface area contributed by atoms with E-state index in [4.69, 9.17) is 23.2 Å².